The molecule has 2 aliphatic rings. The van der Waals surface area contributed by atoms with Gasteiger partial charge in [0.2, 0.25) is 0 Å². The molecule has 4 nitrogen and oxygen atoms in total. The third kappa shape index (κ3) is 3.69. The summed E-state index contributed by atoms with van der Waals surface area (Å²) in [6.45, 7) is 0.0518. The summed E-state index contributed by atoms with van der Waals surface area (Å²) in [5, 5.41) is 10.1. The second-order valence-electron chi connectivity index (χ2n) is 6.81. The van der Waals surface area contributed by atoms with Crippen LogP contribution in [0.25, 0.3) is 0 Å². The number of fused-ring (bicyclic) bond motifs is 1. The fourth-order valence-corrected chi connectivity index (χ4v) is 3.85. The molecule has 1 aromatic carbocycles. The lowest BCUT2D eigenvalue weighted by Gasteiger charge is -2.35. The molecule has 1 aromatic rings. The maximum absolute atomic E-state index is 12.4. The first-order chi connectivity index (χ1) is 11.2. The van der Waals surface area contributed by atoms with Crippen molar-refractivity contribution in [3.8, 4) is 5.75 Å². The molecule has 0 bridgehead atoms. The van der Waals surface area contributed by atoms with Gasteiger partial charge < -0.3 is 14.7 Å². The molecule has 0 saturated heterocycles. The average molecular weight is 317 g/mol. The zero-order chi connectivity index (χ0) is 16.2. The SMILES string of the molecule is CN(C(=O)COc1cccc2c1CCCC2)C1CCCCC1O. The van der Waals surface area contributed by atoms with Crippen LogP contribution in [0.4, 0.5) is 0 Å². The Morgan fingerprint density at radius 3 is 2.83 bits per heavy atom. The van der Waals surface area contributed by atoms with E-state index in [2.05, 4.69) is 6.07 Å². The number of hydrogen-bond acceptors (Lipinski definition) is 3. The van der Waals surface area contributed by atoms with Crippen LogP contribution in [0, 0.1) is 0 Å². The molecule has 3 rings (SSSR count). The molecule has 0 aliphatic heterocycles. The number of aliphatic hydroxyl groups excluding tert-OH is 1. The third-order valence-electron chi connectivity index (χ3n) is 5.29. The number of nitrogens with zero attached hydrogens (tertiary/aromatic N) is 1. The third-order valence-corrected chi connectivity index (χ3v) is 5.29. The van der Waals surface area contributed by atoms with E-state index < -0.39 is 6.10 Å². The first-order valence-corrected chi connectivity index (χ1v) is 8.84. The van der Waals surface area contributed by atoms with Crippen LogP contribution < -0.4 is 4.74 Å². The molecule has 0 spiro atoms. The molecular formula is C19H27NO3. The maximum Gasteiger partial charge on any atom is 0.260 e. The molecule has 1 saturated carbocycles. The molecule has 2 unspecified atom stereocenters. The Labute approximate surface area is 138 Å². The zero-order valence-electron chi connectivity index (χ0n) is 14.0. The summed E-state index contributed by atoms with van der Waals surface area (Å²) in [6, 6.07) is 6.07. The number of amides is 1. The van der Waals surface area contributed by atoms with Crippen molar-refractivity contribution in [2.75, 3.05) is 13.7 Å². The van der Waals surface area contributed by atoms with Crippen molar-refractivity contribution >= 4 is 5.91 Å². The Bertz CT molecular complexity index is 558. The number of benzene rings is 1. The van der Waals surface area contributed by atoms with Crippen LogP contribution in [-0.2, 0) is 17.6 Å². The lowest BCUT2D eigenvalue weighted by atomic mass is 9.91. The van der Waals surface area contributed by atoms with Crippen molar-refractivity contribution in [3.63, 3.8) is 0 Å². The summed E-state index contributed by atoms with van der Waals surface area (Å²) >= 11 is 0. The van der Waals surface area contributed by atoms with Crippen molar-refractivity contribution < 1.29 is 14.6 Å². The summed E-state index contributed by atoms with van der Waals surface area (Å²) < 4.78 is 5.84. The fraction of sp³-hybridized carbons (Fsp3) is 0.632. The molecule has 2 atom stereocenters. The van der Waals surface area contributed by atoms with Gasteiger partial charge in [0.1, 0.15) is 5.75 Å². The Balaban J connectivity index is 1.60. The highest BCUT2D eigenvalue weighted by Crippen LogP contribution is 2.29. The first-order valence-electron chi connectivity index (χ1n) is 8.84. The standard InChI is InChI=1S/C19H27NO3/c1-20(16-10-4-5-11-17(16)21)19(22)13-23-18-12-6-8-14-7-2-3-9-15(14)18/h6,8,12,16-17,21H,2-5,7,9-11,13H2,1H3. The van der Waals surface area contributed by atoms with Crippen LogP contribution in [-0.4, -0.2) is 41.7 Å². The van der Waals surface area contributed by atoms with E-state index in [-0.39, 0.29) is 18.6 Å². The van der Waals surface area contributed by atoms with Crippen LogP contribution in [0.15, 0.2) is 18.2 Å². The van der Waals surface area contributed by atoms with Gasteiger partial charge in [0, 0.05) is 7.05 Å². The number of aliphatic hydroxyl groups is 1. The summed E-state index contributed by atoms with van der Waals surface area (Å²) in [4.78, 5) is 14.1. The van der Waals surface area contributed by atoms with Gasteiger partial charge >= 0.3 is 0 Å². The summed E-state index contributed by atoms with van der Waals surface area (Å²) in [7, 11) is 1.78. The lowest BCUT2D eigenvalue weighted by molar-refractivity contribution is -0.137. The normalized spacial score (nSPS) is 23.9. The minimum Gasteiger partial charge on any atom is -0.483 e. The van der Waals surface area contributed by atoms with E-state index in [4.69, 9.17) is 4.74 Å². The van der Waals surface area contributed by atoms with Gasteiger partial charge in [-0.25, -0.2) is 0 Å². The predicted octanol–water partition coefficient (Wildman–Crippen LogP) is 2.71. The van der Waals surface area contributed by atoms with Gasteiger partial charge in [-0.1, -0.05) is 25.0 Å². The van der Waals surface area contributed by atoms with Crippen LogP contribution >= 0.6 is 0 Å². The van der Waals surface area contributed by atoms with Crippen LogP contribution in [0.1, 0.15) is 49.7 Å². The highest BCUT2D eigenvalue weighted by Gasteiger charge is 2.29. The average Bonchev–Trinajstić information content (AvgIpc) is 2.59. The molecule has 0 aromatic heterocycles. The molecular weight excluding hydrogens is 290 g/mol. The van der Waals surface area contributed by atoms with Gasteiger partial charge in [-0.15, -0.1) is 0 Å². The van der Waals surface area contributed by atoms with Gasteiger partial charge in [-0.2, -0.15) is 0 Å². The molecule has 0 radical (unpaired) electrons. The van der Waals surface area contributed by atoms with Crippen LogP contribution in [0.5, 0.6) is 5.75 Å². The number of ether oxygens (including phenoxy) is 1. The van der Waals surface area contributed by atoms with E-state index in [1.165, 1.54) is 24.0 Å². The fourth-order valence-electron chi connectivity index (χ4n) is 3.85. The van der Waals surface area contributed by atoms with Gasteiger partial charge in [-0.3, -0.25) is 4.79 Å². The zero-order valence-corrected chi connectivity index (χ0v) is 14.0. The Hall–Kier alpha value is -1.55. The van der Waals surface area contributed by atoms with E-state index >= 15 is 0 Å². The summed E-state index contributed by atoms with van der Waals surface area (Å²) in [5.74, 6) is 0.803. The van der Waals surface area contributed by atoms with Crippen molar-refractivity contribution in [3.05, 3.63) is 29.3 Å². The molecule has 23 heavy (non-hydrogen) atoms. The molecule has 1 N–H and O–H groups in total. The maximum atomic E-state index is 12.4. The van der Waals surface area contributed by atoms with Gasteiger partial charge in [0.15, 0.2) is 6.61 Å². The highest BCUT2D eigenvalue weighted by molar-refractivity contribution is 5.78. The van der Waals surface area contributed by atoms with Gasteiger partial charge in [0.25, 0.3) is 5.91 Å². The summed E-state index contributed by atoms with van der Waals surface area (Å²) in [5.41, 5.74) is 2.63. The van der Waals surface area contributed by atoms with Crippen molar-refractivity contribution in [1.82, 2.24) is 4.90 Å². The Morgan fingerprint density at radius 1 is 1.22 bits per heavy atom. The summed E-state index contributed by atoms with van der Waals surface area (Å²) in [6.07, 6.45) is 7.96. The molecule has 1 fully saturated rings. The van der Waals surface area contributed by atoms with E-state index in [9.17, 15) is 9.90 Å². The predicted molar refractivity (Wildman–Crippen MR) is 89.6 cm³/mol. The smallest absolute Gasteiger partial charge is 0.260 e. The van der Waals surface area contributed by atoms with E-state index in [0.29, 0.717) is 0 Å². The van der Waals surface area contributed by atoms with Crippen LogP contribution in [0.3, 0.4) is 0 Å². The molecule has 126 valence electrons. The van der Waals surface area contributed by atoms with E-state index in [1.54, 1.807) is 11.9 Å². The molecule has 0 heterocycles. The quantitative estimate of drug-likeness (QED) is 0.929. The Kier molecular flexibility index (Phi) is 5.21. The topological polar surface area (TPSA) is 49.8 Å². The first kappa shape index (κ1) is 16.3. The number of carbonyl (C=O) groups is 1. The Morgan fingerprint density at radius 2 is 2.00 bits per heavy atom. The van der Waals surface area contributed by atoms with E-state index in [1.807, 2.05) is 12.1 Å². The molecule has 1 amide bonds. The van der Waals surface area contributed by atoms with Gasteiger partial charge in [-0.05, 0) is 55.7 Å². The number of hydrogen-bond donors (Lipinski definition) is 1. The van der Waals surface area contributed by atoms with Crippen molar-refractivity contribution in [2.24, 2.45) is 0 Å². The number of aryl methyl sites for hydroxylation is 1. The minimum atomic E-state index is -0.401. The second-order valence-corrected chi connectivity index (χ2v) is 6.81. The van der Waals surface area contributed by atoms with Crippen LogP contribution in [0.2, 0.25) is 0 Å². The number of rotatable bonds is 4. The molecule has 4 heteroatoms. The van der Waals surface area contributed by atoms with Gasteiger partial charge in [0.05, 0.1) is 12.1 Å². The van der Waals surface area contributed by atoms with Crippen molar-refractivity contribution in [1.29, 1.82) is 0 Å². The lowest BCUT2D eigenvalue weighted by Crippen LogP contribution is -2.47. The number of carbonyl (C=O) groups excluding carboxylic acids is 1. The second kappa shape index (κ2) is 7.35. The monoisotopic (exact) mass is 317 g/mol. The van der Waals surface area contributed by atoms with E-state index in [0.717, 1.165) is 44.3 Å². The minimum absolute atomic E-state index is 0.0515. The molecule has 2 aliphatic carbocycles. The highest BCUT2D eigenvalue weighted by atomic mass is 16.5. The van der Waals surface area contributed by atoms with Crippen molar-refractivity contribution in [2.45, 2.75) is 63.5 Å². The number of likely N-dealkylation sites (N-methyl/N-ethyl adjacent to an activating group) is 1. The largest absolute Gasteiger partial charge is 0.483 e.